The van der Waals surface area contributed by atoms with E-state index in [1.807, 2.05) is 6.07 Å². The number of piperidine rings is 1. The Hall–Kier alpha value is -2.26. The molecule has 3 heteroatoms. The molecule has 3 aromatic rings. The lowest BCUT2D eigenvalue weighted by Crippen LogP contribution is -3.15. The topological polar surface area (TPSA) is 26.8 Å². The largest absolute Gasteiger partial charge is 0.496 e. The molecular weight excluding hydrogens is 334 g/mol. The van der Waals surface area contributed by atoms with Gasteiger partial charge in [0.1, 0.15) is 23.6 Å². The van der Waals surface area contributed by atoms with Crippen molar-refractivity contribution in [3.8, 4) is 16.9 Å². The first-order chi connectivity index (χ1) is 13.2. The van der Waals surface area contributed by atoms with Crippen molar-refractivity contribution in [3.63, 3.8) is 0 Å². The van der Waals surface area contributed by atoms with E-state index in [1.165, 1.54) is 48.9 Å². The first-order valence-electron chi connectivity index (χ1n) is 10.2. The molecule has 2 aromatic carbocycles. The average Bonchev–Trinajstić information content (AvgIpc) is 3.03. The van der Waals surface area contributed by atoms with Gasteiger partial charge in [0, 0.05) is 10.9 Å². The Balaban J connectivity index is 1.75. The van der Waals surface area contributed by atoms with Crippen LogP contribution in [0.5, 0.6) is 5.75 Å². The number of fused-ring (bicyclic) bond motifs is 1. The minimum absolute atomic E-state index is 0.761. The molecule has 4 rings (SSSR count). The Morgan fingerprint density at radius 1 is 1.15 bits per heavy atom. The summed E-state index contributed by atoms with van der Waals surface area (Å²) < 4.78 is 12.0. The molecule has 142 valence electrons. The first kappa shape index (κ1) is 18.1. The van der Waals surface area contributed by atoms with Gasteiger partial charge < -0.3 is 14.1 Å². The third-order valence-corrected chi connectivity index (χ3v) is 6.12. The quantitative estimate of drug-likeness (QED) is 0.706. The fraction of sp³-hybridized carbons (Fsp3) is 0.417. The predicted molar refractivity (Wildman–Crippen MR) is 110 cm³/mol. The SMILES string of the molecule is CC[C@H]1CCCC[NH+]1Cc1cc2oc(C)c(-c3ccccc3)c2cc1OC. The summed E-state index contributed by atoms with van der Waals surface area (Å²) in [6.07, 6.45) is 5.29. The molecule has 3 nitrogen and oxygen atoms in total. The van der Waals surface area contributed by atoms with Gasteiger partial charge in [-0.15, -0.1) is 0 Å². The lowest BCUT2D eigenvalue weighted by molar-refractivity contribution is -0.944. The third-order valence-electron chi connectivity index (χ3n) is 6.12. The van der Waals surface area contributed by atoms with Crippen LogP contribution < -0.4 is 9.64 Å². The summed E-state index contributed by atoms with van der Waals surface area (Å²) >= 11 is 0. The Kier molecular flexibility index (Phi) is 5.22. The van der Waals surface area contributed by atoms with Crippen LogP contribution in [0.2, 0.25) is 0 Å². The highest BCUT2D eigenvalue weighted by molar-refractivity contribution is 5.97. The molecule has 1 unspecified atom stereocenters. The van der Waals surface area contributed by atoms with Gasteiger partial charge >= 0.3 is 0 Å². The molecular formula is C24H30NO2+. The molecule has 1 fully saturated rings. The van der Waals surface area contributed by atoms with E-state index in [-0.39, 0.29) is 0 Å². The van der Waals surface area contributed by atoms with Gasteiger partial charge in [0.2, 0.25) is 0 Å². The Morgan fingerprint density at radius 3 is 2.70 bits per heavy atom. The van der Waals surface area contributed by atoms with E-state index in [0.717, 1.165) is 35.1 Å². The minimum Gasteiger partial charge on any atom is -0.496 e. The van der Waals surface area contributed by atoms with E-state index in [0.29, 0.717) is 0 Å². The zero-order valence-corrected chi connectivity index (χ0v) is 16.7. The fourth-order valence-corrected chi connectivity index (χ4v) is 4.70. The van der Waals surface area contributed by atoms with Crippen LogP contribution in [0.4, 0.5) is 0 Å². The normalized spacial score (nSPS) is 20.1. The molecule has 1 aliphatic heterocycles. The number of quaternary nitrogens is 1. The van der Waals surface area contributed by atoms with Crippen LogP contribution in [-0.2, 0) is 6.54 Å². The predicted octanol–water partition coefficient (Wildman–Crippen LogP) is 4.76. The summed E-state index contributed by atoms with van der Waals surface area (Å²) in [7, 11) is 1.78. The second-order valence-electron chi connectivity index (χ2n) is 7.75. The summed E-state index contributed by atoms with van der Waals surface area (Å²) in [5.74, 6) is 1.94. The van der Waals surface area contributed by atoms with E-state index in [4.69, 9.17) is 9.15 Å². The molecule has 1 saturated heterocycles. The highest BCUT2D eigenvalue weighted by Crippen LogP contribution is 2.37. The third kappa shape index (κ3) is 3.49. The Bertz CT molecular complexity index is 913. The highest BCUT2D eigenvalue weighted by Gasteiger charge is 2.26. The van der Waals surface area contributed by atoms with Gasteiger partial charge in [-0.1, -0.05) is 37.3 Å². The number of hydrogen-bond donors (Lipinski definition) is 1. The number of likely N-dealkylation sites (tertiary alicyclic amines) is 1. The summed E-state index contributed by atoms with van der Waals surface area (Å²) in [6, 6.07) is 15.6. The van der Waals surface area contributed by atoms with Crippen LogP contribution in [0.15, 0.2) is 46.9 Å². The maximum absolute atomic E-state index is 6.17. The Morgan fingerprint density at radius 2 is 1.96 bits per heavy atom. The average molecular weight is 365 g/mol. The monoisotopic (exact) mass is 364 g/mol. The number of benzene rings is 2. The molecule has 1 aliphatic rings. The van der Waals surface area contributed by atoms with Gasteiger partial charge in [0.05, 0.1) is 25.3 Å². The molecule has 27 heavy (non-hydrogen) atoms. The maximum Gasteiger partial charge on any atom is 0.135 e. The molecule has 1 N–H and O–H groups in total. The van der Waals surface area contributed by atoms with Crippen molar-refractivity contribution in [1.29, 1.82) is 0 Å². The van der Waals surface area contributed by atoms with E-state index in [1.54, 1.807) is 12.0 Å². The molecule has 0 aliphatic carbocycles. The van der Waals surface area contributed by atoms with Crippen LogP contribution in [0, 0.1) is 6.92 Å². The van der Waals surface area contributed by atoms with Gasteiger partial charge in [0.15, 0.2) is 0 Å². The number of hydrogen-bond acceptors (Lipinski definition) is 2. The second-order valence-corrected chi connectivity index (χ2v) is 7.75. The minimum atomic E-state index is 0.761. The first-order valence-corrected chi connectivity index (χ1v) is 10.2. The van der Waals surface area contributed by atoms with Crippen molar-refractivity contribution in [1.82, 2.24) is 0 Å². The Labute approximate surface area is 161 Å². The van der Waals surface area contributed by atoms with E-state index in [2.05, 4.69) is 50.2 Å². The van der Waals surface area contributed by atoms with Crippen molar-refractivity contribution < 1.29 is 14.1 Å². The number of nitrogens with one attached hydrogen (secondary N) is 1. The molecule has 2 atom stereocenters. The van der Waals surface area contributed by atoms with Gasteiger partial charge in [-0.2, -0.15) is 0 Å². The van der Waals surface area contributed by atoms with Gasteiger partial charge in [-0.05, 0) is 50.3 Å². The van der Waals surface area contributed by atoms with E-state index < -0.39 is 0 Å². The van der Waals surface area contributed by atoms with Crippen LogP contribution in [0.25, 0.3) is 22.1 Å². The molecule has 1 aromatic heterocycles. The van der Waals surface area contributed by atoms with E-state index in [9.17, 15) is 0 Å². The summed E-state index contributed by atoms with van der Waals surface area (Å²) in [4.78, 5) is 1.69. The number of methoxy groups -OCH3 is 1. The molecule has 0 radical (unpaired) electrons. The van der Waals surface area contributed by atoms with Crippen molar-refractivity contribution in [3.05, 3.63) is 53.8 Å². The fourth-order valence-electron chi connectivity index (χ4n) is 4.70. The molecule has 0 saturated carbocycles. The van der Waals surface area contributed by atoms with Crippen molar-refractivity contribution in [2.75, 3.05) is 13.7 Å². The molecule has 2 heterocycles. The van der Waals surface area contributed by atoms with Gasteiger partial charge in [0.25, 0.3) is 0 Å². The lowest BCUT2D eigenvalue weighted by Gasteiger charge is -2.32. The summed E-state index contributed by atoms with van der Waals surface area (Å²) in [5, 5.41) is 1.14. The zero-order valence-electron chi connectivity index (χ0n) is 16.7. The smallest absolute Gasteiger partial charge is 0.135 e. The van der Waals surface area contributed by atoms with Crippen molar-refractivity contribution >= 4 is 11.0 Å². The number of aryl methyl sites for hydroxylation is 1. The maximum atomic E-state index is 6.17. The molecule has 0 bridgehead atoms. The highest BCUT2D eigenvalue weighted by atomic mass is 16.5. The summed E-state index contributed by atoms with van der Waals surface area (Å²) in [6.45, 7) is 6.64. The number of rotatable bonds is 5. The molecule has 0 spiro atoms. The second kappa shape index (κ2) is 7.77. The standard InChI is InChI=1S/C24H29NO2/c1-4-20-12-8-9-13-25(20)16-19-14-23-21(15-22(19)26-3)24(17(2)27-23)18-10-6-5-7-11-18/h5-7,10-11,14-15,20H,4,8-9,12-13,16H2,1-3H3/p+1/t20-/m0/s1. The van der Waals surface area contributed by atoms with E-state index >= 15 is 0 Å². The van der Waals surface area contributed by atoms with Crippen LogP contribution in [0.1, 0.15) is 43.9 Å². The van der Waals surface area contributed by atoms with Crippen LogP contribution in [0.3, 0.4) is 0 Å². The molecule has 0 amide bonds. The van der Waals surface area contributed by atoms with Crippen molar-refractivity contribution in [2.24, 2.45) is 0 Å². The van der Waals surface area contributed by atoms with Crippen LogP contribution in [-0.4, -0.2) is 19.7 Å². The number of ether oxygens (including phenoxy) is 1. The number of furan rings is 1. The van der Waals surface area contributed by atoms with Gasteiger partial charge in [-0.25, -0.2) is 0 Å². The van der Waals surface area contributed by atoms with Gasteiger partial charge in [-0.3, -0.25) is 0 Å². The summed E-state index contributed by atoms with van der Waals surface area (Å²) in [5.41, 5.74) is 4.59. The lowest BCUT2D eigenvalue weighted by atomic mass is 9.98. The van der Waals surface area contributed by atoms with Crippen LogP contribution >= 0.6 is 0 Å². The van der Waals surface area contributed by atoms with Crippen molar-refractivity contribution in [2.45, 2.75) is 52.1 Å². The zero-order chi connectivity index (χ0) is 18.8.